The topological polar surface area (TPSA) is 39.1 Å². The molecule has 1 aliphatic carbocycles. The molecule has 3 nitrogen and oxygen atoms in total. The van der Waals surface area contributed by atoms with Gasteiger partial charge in [-0.05, 0) is 36.6 Å². The Kier molecular flexibility index (Phi) is 3.57. The smallest absolute Gasteiger partial charge is 0.251 e. The molecule has 1 aromatic heterocycles. The summed E-state index contributed by atoms with van der Waals surface area (Å²) >= 11 is 3.44. The maximum Gasteiger partial charge on any atom is 0.251 e. The SMILES string of the molecule is O=C1CCCc2c1ccc(=O)n2Cc1cccc(Br)c1. The molecule has 0 amide bonds. The molecule has 102 valence electrons. The van der Waals surface area contributed by atoms with Crippen molar-refractivity contribution in [2.24, 2.45) is 0 Å². The van der Waals surface area contributed by atoms with Crippen LogP contribution in [0.25, 0.3) is 0 Å². The summed E-state index contributed by atoms with van der Waals surface area (Å²) in [5.74, 6) is 0.147. The maximum absolute atomic E-state index is 12.1. The normalized spacial score (nSPS) is 14.2. The van der Waals surface area contributed by atoms with E-state index < -0.39 is 0 Å². The van der Waals surface area contributed by atoms with E-state index in [-0.39, 0.29) is 11.3 Å². The van der Waals surface area contributed by atoms with Gasteiger partial charge in [0.25, 0.3) is 5.56 Å². The van der Waals surface area contributed by atoms with Gasteiger partial charge in [-0.1, -0.05) is 28.1 Å². The van der Waals surface area contributed by atoms with Crippen LogP contribution in [-0.4, -0.2) is 10.4 Å². The minimum atomic E-state index is -0.0431. The number of hydrogen-bond donors (Lipinski definition) is 0. The highest BCUT2D eigenvalue weighted by atomic mass is 79.9. The molecular formula is C16H14BrNO2. The Morgan fingerprint density at radius 2 is 1.95 bits per heavy atom. The van der Waals surface area contributed by atoms with Crippen LogP contribution in [0.1, 0.15) is 34.5 Å². The highest BCUT2D eigenvalue weighted by Gasteiger charge is 2.20. The van der Waals surface area contributed by atoms with Crippen molar-refractivity contribution < 1.29 is 4.79 Å². The fourth-order valence-electron chi connectivity index (χ4n) is 2.69. The Hall–Kier alpha value is -1.68. The molecule has 0 fully saturated rings. The zero-order chi connectivity index (χ0) is 14.1. The molecule has 0 saturated heterocycles. The quantitative estimate of drug-likeness (QED) is 0.847. The zero-order valence-corrected chi connectivity index (χ0v) is 12.5. The van der Waals surface area contributed by atoms with Gasteiger partial charge in [0, 0.05) is 28.2 Å². The van der Waals surface area contributed by atoms with E-state index in [1.807, 2.05) is 24.3 Å². The minimum absolute atomic E-state index is 0.0431. The fourth-order valence-corrected chi connectivity index (χ4v) is 3.13. The van der Waals surface area contributed by atoms with Crippen molar-refractivity contribution in [3.05, 3.63) is 68.0 Å². The fraction of sp³-hybridized carbons (Fsp3) is 0.250. The van der Waals surface area contributed by atoms with Gasteiger partial charge in [0.1, 0.15) is 0 Å². The van der Waals surface area contributed by atoms with E-state index in [9.17, 15) is 9.59 Å². The van der Waals surface area contributed by atoms with Gasteiger partial charge in [0.05, 0.1) is 6.54 Å². The number of Topliss-reactive ketones (excluding diaryl/α,β-unsaturated/α-hetero) is 1. The van der Waals surface area contributed by atoms with Crippen LogP contribution in [0.4, 0.5) is 0 Å². The highest BCUT2D eigenvalue weighted by molar-refractivity contribution is 9.10. The van der Waals surface area contributed by atoms with Crippen molar-refractivity contribution in [1.29, 1.82) is 0 Å². The molecule has 0 atom stereocenters. The highest BCUT2D eigenvalue weighted by Crippen LogP contribution is 2.21. The van der Waals surface area contributed by atoms with Crippen molar-refractivity contribution in [1.82, 2.24) is 4.57 Å². The van der Waals surface area contributed by atoms with Crippen LogP contribution in [0.3, 0.4) is 0 Å². The molecule has 2 aromatic rings. The van der Waals surface area contributed by atoms with Crippen LogP contribution in [0.2, 0.25) is 0 Å². The number of ketones is 1. The molecule has 1 heterocycles. The lowest BCUT2D eigenvalue weighted by Gasteiger charge is -2.20. The molecule has 1 aliphatic rings. The Bertz CT molecular complexity index is 733. The Morgan fingerprint density at radius 3 is 2.75 bits per heavy atom. The van der Waals surface area contributed by atoms with Crippen molar-refractivity contribution in [2.75, 3.05) is 0 Å². The molecule has 0 N–H and O–H groups in total. The largest absolute Gasteiger partial charge is 0.308 e. The first kappa shape index (κ1) is 13.3. The number of benzene rings is 1. The number of fused-ring (bicyclic) bond motifs is 1. The summed E-state index contributed by atoms with van der Waals surface area (Å²) in [6.45, 7) is 0.509. The third kappa shape index (κ3) is 2.48. The van der Waals surface area contributed by atoms with Gasteiger partial charge in [-0.25, -0.2) is 0 Å². The minimum Gasteiger partial charge on any atom is -0.308 e. The predicted octanol–water partition coefficient (Wildman–Crippen LogP) is 3.18. The van der Waals surface area contributed by atoms with Gasteiger partial charge in [-0.15, -0.1) is 0 Å². The lowest BCUT2D eigenvalue weighted by molar-refractivity contribution is 0.0970. The number of carbonyl (C=O) groups excluding carboxylic acids is 1. The molecule has 4 heteroatoms. The van der Waals surface area contributed by atoms with Crippen LogP contribution in [-0.2, 0) is 13.0 Å². The third-order valence-corrected chi connectivity index (χ3v) is 4.14. The van der Waals surface area contributed by atoms with E-state index >= 15 is 0 Å². The average Bonchev–Trinajstić information content (AvgIpc) is 2.42. The second-order valence-electron chi connectivity index (χ2n) is 5.02. The first-order chi connectivity index (χ1) is 9.65. The molecule has 20 heavy (non-hydrogen) atoms. The van der Waals surface area contributed by atoms with Crippen molar-refractivity contribution in [2.45, 2.75) is 25.8 Å². The number of rotatable bonds is 2. The van der Waals surface area contributed by atoms with Crippen molar-refractivity contribution in [3.63, 3.8) is 0 Å². The van der Waals surface area contributed by atoms with Gasteiger partial charge < -0.3 is 4.57 Å². The zero-order valence-electron chi connectivity index (χ0n) is 10.9. The van der Waals surface area contributed by atoms with Crippen molar-refractivity contribution >= 4 is 21.7 Å². The van der Waals surface area contributed by atoms with Crippen molar-refractivity contribution in [3.8, 4) is 0 Å². The number of halogens is 1. The third-order valence-electron chi connectivity index (χ3n) is 3.64. The van der Waals surface area contributed by atoms with Crippen LogP contribution < -0.4 is 5.56 Å². The lowest BCUT2D eigenvalue weighted by atomic mass is 9.94. The number of aromatic nitrogens is 1. The lowest BCUT2D eigenvalue weighted by Crippen LogP contribution is -2.28. The number of hydrogen-bond acceptors (Lipinski definition) is 2. The van der Waals surface area contributed by atoms with Gasteiger partial charge in [-0.3, -0.25) is 9.59 Å². The summed E-state index contributed by atoms with van der Waals surface area (Å²) in [5.41, 5.74) is 2.60. The molecule has 0 bridgehead atoms. The molecule has 0 spiro atoms. The Labute approximate surface area is 125 Å². The standard InChI is InChI=1S/C16H14BrNO2/c17-12-4-1-3-11(9-12)10-18-14-5-2-6-15(19)13(14)7-8-16(18)20/h1,3-4,7-9H,2,5-6,10H2. The van der Waals surface area contributed by atoms with Gasteiger partial charge in [0.2, 0.25) is 0 Å². The first-order valence-electron chi connectivity index (χ1n) is 6.65. The Balaban J connectivity index is 2.07. The maximum atomic E-state index is 12.1. The van der Waals surface area contributed by atoms with Gasteiger partial charge >= 0.3 is 0 Å². The second kappa shape index (κ2) is 5.37. The summed E-state index contributed by atoms with van der Waals surface area (Å²) in [6, 6.07) is 11.1. The average molecular weight is 332 g/mol. The molecule has 3 rings (SSSR count). The Morgan fingerprint density at radius 1 is 1.10 bits per heavy atom. The van der Waals surface area contributed by atoms with Gasteiger partial charge in [-0.2, -0.15) is 0 Å². The number of carbonyl (C=O) groups is 1. The molecule has 0 saturated carbocycles. The predicted molar refractivity (Wildman–Crippen MR) is 81.2 cm³/mol. The van der Waals surface area contributed by atoms with Crippen LogP contribution in [0.15, 0.2) is 45.7 Å². The summed E-state index contributed by atoms with van der Waals surface area (Å²) < 4.78 is 2.72. The molecule has 0 radical (unpaired) electrons. The molecule has 1 aromatic carbocycles. The van der Waals surface area contributed by atoms with Crippen LogP contribution in [0.5, 0.6) is 0 Å². The van der Waals surface area contributed by atoms with E-state index in [2.05, 4.69) is 15.9 Å². The second-order valence-corrected chi connectivity index (χ2v) is 5.94. The van der Waals surface area contributed by atoms with E-state index in [0.717, 1.165) is 28.6 Å². The summed E-state index contributed by atoms with van der Waals surface area (Å²) in [6.07, 6.45) is 2.21. The molecular weight excluding hydrogens is 318 g/mol. The number of nitrogens with zero attached hydrogens (tertiary/aromatic N) is 1. The van der Waals surface area contributed by atoms with E-state index in [1.54, 1.807) is 10.6 Å². The monoisotopic (exact) mass is 331 g/mol. The van der Waals surface area contributed by atoms with E-state index in [4.69, 9.17) is 0 Å². The van der Waals surface area contributed by atoms with E-state index in [1.165, 1.54) is 6.07 Å². The van der Waals surface area contributed by atoms with Crippen LogP contribution >= 0.6 is 15.9 Å². The first-order valence-corrected chi connectivity index (χ1v) is 7.45. The molecule has 0 aliphatic heterocycles. The summed E-state index contributed by atoms with van der Waals surface area (Å²) in [5, 5.41) is 0. The van der Waals surface area contributed by atoms with Crippen LogP contribution in [0, 0.1) is 0 Å². The molecule has 0 unspecified atom stereocenters. The summed E-state index contributed by atoms with van der Waals surface area (Å²) in [4.78, 5) is 24.1. The number of pyridine rings is 1. The summed E-state index contributed by atoms with van der Waals surface area (Å²) in [7, 11) is 0. The van der Waals surface area contributed by atoms with E-state index in [0.29, 0.717) is 18.5 Å². The van der Waals surface area contributed by atoms with Gasteiger partial charge in [0.15, 0.2) is 5.78 Å².